The van der Waals surface area contributed by atoms with Crippen LogP contribution in [-0.2, 0) is 6.42 Å². The minimum Gasteiger partial charge on any atom is -0.494 e. The molecule has 108 valence electrons. The molecule has 0 radical (unpaired) electrons. The smallest absolute Gasteiger partial charge is 0.119 e. The van der Waals surface area contributed by atoms with Gasteiger partial charge in [-0.25, -0.2) is 0 Å². The maximum Gasteiger partial charge on any atom is 0.119 e. The maximum absolute atomic E-state index is 5.75. The average Bonchev–Trinajstić information content (AvgIpc) is 2.40. The highest BCUT2D eigenvalue weighted by atomic mass is 16.5. The monoisotopic (exact) mass is 264 g/mol. The van der Waals surface area contributed by atoms with Gasteiger partial charge >= 0.3 is 0 Å². The van der Waals surface area contributed by atoms with Gasteiger partial charge in [0.2, 0.25) is 0 Å². The highest BCUT2D eigenvalue weighted by Crippen LogP contribution is 2.22. The predicted molar refractivity (Wildman–Crippen MR) is 81.4 cm³/mol. The standard InChI is InChI=1S/C16H28N2O/c1-4-7-19-16-6-5-14(13(3)9-16)8-12(2)15(10-17)11-18/h5-6,9,12,15H,4,7-8,10-11,17-18H2,1-3H3. The molecular weight excluding hydrogens is 236 g/mol. The summed E-state index contributed by atoms with van der Waals surface area (Å²) >= 11 is 0. The molecule has 1 aromatic carbocycles. The van der Waals surface area contributed by atoms with E-state index in [0.717, 1.165) is 25.2 Å². The Kier molecular flexibility index (Phi) is 6.89. The van der Waals surface area contributed by atoms with E-state index in [1.807, 2.05) is 0 Å². The highest BCUT2D eigenvalue weighted by molar-refractivity contribution is 5.35. The lowest BCUT2D eigenvalue weighted by molar-refractivity contribution is 0.317. The van der Waals surface area contributed by atoms with Crippen molar-refractivity contribution >= 4 is 0 Å². The summed E-state index contributed by atoms with van der Waals surface area (Å²) in [5.74, 6) is 1.87. The van der Waals surface area contributed by atoms with Crippen molar-refractivity contribution in [2.45, 2.75) is 33.6 Å². The van der Waals surface area contributed by atoms with Crippen LogP contribution in [0.5, 0.6) is 5.75 Å². The van der Waals surface area contributed by atoms with Crippen molar-refractivity contribution in [3.63, 3.8) is 0 Å². The van der Waals surface area contributed by atoms with Gasteiger partial charge in [0.1, 0.15) is 5.75 Å². The molecule has 1 atom stereocenters. The number of ether oxygens (including phenoxy) is 1. The molecule has 4 N–H and O–H groups in total. The van der Waals surface area contributed by atoms with E-state index >= 15 is 0 Å². The molecule has 3 heteroatoms. The van der Waals surface area contributed by atoms with Crippen molar-refractivity contribution < 1.29 is 4.74 Å². The normalized spacial score (nSPS) is 12.7. The first-order chi connectivity index (χ1) is 9.12. The third kappa shape index (κ3) is 4.84. The summed E-state index contributed by atoms with van der Waals surface area (Å²) in [7, 11) is 0. The van der Waals surface area contributed by atoms with Crippen molar-refractivity contribution in [3.05, 3.63) is 29.3 Å². The summed E-state index contributed by atoms with van der Waals surface area (Å²) in [5, 5.41) is 0. The second kappa shape index (κ2) is 8.18. The van der Waals surface area contributed by atoms with Gasteiger partial charge in [-0.15, -0.1) is 0 Å². The Bertz CT molecular complexity index is 375. The first kappa shape index (κ1) is 16.0. The van der Waals surface area contributed by atoms with E-state index in [1.165, 1.54) is 11.1 Å². The Morgan fingerprint density at radius 2 is 1.89 bits per heavy atom. The average molecular weight is 264 g/mol. The minimum atomic E-state index is 0.399. The Morgan fingerprint density at radius 1 is 1.21 bits per heavy atom. The fraction of sp³-hybridized carbons (Fsp3) is 0.625. The topological polar surface area (TPSA) is 61.3 Å². The van der Waals surface area contributed by atoms with Gasteiger partial charge in [-0.3, -0.25) is 0 Å². The lowest BCUT2D eigenvalue weighted by Crippen LogP contribution is -2.30. The molecule has 0 amide bonds. The summed E-state index contributed by atoms with van der Waals surface area (Å²) < 4.78 is 5.65. The number of aryl methyl sites for hydroxylation is 1. The Labute approximate surface area is 117 Å². The number of nitrogens with two attached hydrogens (primary N) is 2. The zero-order chi connectivity index (χ0) is 14.3. The molecule has 0 spiro atoms. The van der Waals surface area contributed by atoms with Gasteiger partial charge in [-0.2, -0.15) is 0 Å². The largest absolute Gasteiger partial charge is 0.494 e. The molecule has 0 aliphatic carbocycles. The second-order valence-corrected chi connectivity index (χ2v) is 5.35. The SMILES string of the molecule is CCCOc1ccc(CC(C)C(CN)CN)c(C)c1. The van der Waals surface area contributed by atoms with Crippen molar-refractivity contribution in [2.75, 3.05) is 19.7 Å². The van der Waals surface area contributed by atoms with Crippen LogP contribution in [-0.4, -0.2) is 19.7 Å². The molecular formula is C16H28N2O. The summed E-state index contributed by atoms with van der Waals surface area (Å²) in [5.41, 5.74) is 14.2. The zero-order valence-corrected chi connectivity index (χ0v) is 12.5. The van der Waals surface area contributed by atoms with Crippen LogP contribution in [0.25, 0.3) is 0 Å². The van der Waals surface area contributed by atoms with Crippen LogP contribution in [0.1, 0.15) is 31.4 Å². The molecule has 19 heavy (non-hydrogen) atoms. The minimum absolute atomic E-state index is 0.399. The van der Waals surface area contributed by atoms with Gasteiger partial charge in [0.15, 0.2) is 0 Å². The lowest BCUT2D eigenvalue weighted by Gasteiger charge is -2.22. The van der Waals surface area contributed by atoms with Crippen LogP contribution >= 0.6 is 0 Å². The molecule has 0 aromatic heterocycles. The highest BCUT2D eigenvalue weighted by Gasteiger charge is 2.15. The molecule has 0 saturated heterocycles. The molecule has 0 fully saturated rings. The lowest BCUT2D eigenvalue weighted by atomic mass is 9.87. The molecule has 1 unspecified atom stereocenters. The third-order valence-corrected chi connectivity index (χ3v) is 3.74. The van der Waals surface area contributed by atoms with Gasteiger partial charge in [-0.05, 0) is 68.0 Å². The van der Waals surface area contributed by atoms with E-state index in [2.05, 4.69) is 39.0 Å². The van der Waals surface area contributed by atoms with Crippen LogP contribution in [0, 0.1) is 18.8 Å². The van der Waals surface area contributed by atoms with Gasteiger partial charge in [0, 0.05) is 0 Å². The quantitative estimate of drug-likeness (QED) is 0.758. The van der Waals surface area contributed by atoms with E-state index in [9.17, 15) is 0 Å². The van der Waals surface area contributed by atoms with Crippen LogP contribution in [0.4, 0.5) is 0 Å². The van der Waals surface area contributed by atoms with Gasteiger partial charge in [-0.1, -0.05) is 19.9 Å². The summed E-state index contributed by atoms with van der Waals surface area (Å²) in [6.45, 7) is 8.58. The van der Waals surface area contributed by atoms with E-state index in [-0.39, 0.29) is 0 Å². The fourth-order valence-corrected chi connectivity index (χ4v) is 2.28. The van der Waals surface area contributed by atoms with Crippen LogP contribution in [0.3, 0.4) is 0 Å². The van der Waals surface area contributed by atoms with Crippen molar-refractivity contribution in [2.24, 2.45) is 23.3 Å². The fourth-order valence-electron chi connectivity index (χ4n) is 2.28. The second-order valence-electron chi connectivity index (χ2n) is 5.35. The Balaban J connectivity index is 2.68. The van der Waals surface area contributed by atoms with Crippen LogP contribution < -0.4 is 16.2 Å². The van der Waals surface area contributed by atoms with E-state index < -0.39 is 0 Å². The van der Waals surface area contributed by atoms with Crippen LogP contribution in [0.15, 0.2) is 18.2 Å². The van der Waals surface area contributed by atoms with E-state index in [1.54, 1.807) is 0 Å². The maximum atomic E-state index is 5.75. The molecule has 0 bridgehead atoms. The van der Waals surface area contributed by atoms with Crippen molar-refractivity contribution in [3.8, 4) is 5.75 Å². The number of benzene rings is 1. The van der Waals surface area contributed by atoms with E-state index in [0.29, 0.717) is 24.9 Å². The first-order valence-electron chi connectivity index (χ1n) is 7.24. The molecule has 1 aromatic rings. The predicted octanol–water partition coefficient (Wildman–Crippen LogP) is 2.50. The first-order valence-corrected chi connectivity index (χ1v) is 7.24. The zero-order valence-electron chi connectivity index (χ0n) is 12.5. The summed E-state index contributed by atoms with van der Waals surface area (Å²) in [6.07, 6.45) is 2.06. The molecule has 3 nitrogen and oxygen atoms in total. The number of rotatable bonds is 8. The van der Waals surface area contributed by atoms with Gasteiger partial charge < -0.3 is 16.2 Å². The molecule has 0 aliphatic heterocycles. The molecule has 1 rings (SSSR count). The summed E-state index contributed by atoms with van der Waals surface area (Å²) in [4.78, 5) is 0. The van der Waals surface area contributed by atoms with Crippen molar-refractivity contribution in [1.29, 1.82) is 0 Å². The van der Waals surface area contributed by atoms with Gasteiger partial charge in [0.25, 0.3) is 0 Å². The third-order valence-electron chi connectivity index (χ3n) is 3.74. The molecule has 0 heterocycles. The van der Waals surface area contributed by atoms with Gasteiger partial charge in [0.05, 0.1) is 6.61 Å². The number of hydrogen-bond donors (Lipinski definition) is 2. The van der Waals surface area contributed by atoms with Crippen molar-refractivity contribution in [1.82, 2.24) is 0 Å². The Hall–Kier alpha value is -1.06. The summed E-state index contributed by atoms with van der Waals surface area (Å²) in [6, 6.07) is 6.35. The molecule has 0 aliphatic rings. The molecule has 0 saturated carbocycles. The Morgan fingerprint density at radius 3 is 2.42 bits per heavy atom. The van der Waals surface area contributed by atoms with E-state index in [4.69, 9.17) is 16.2 Å². The number of hydrogen-bond acceptors (Lipinski definition) is 3. The van der Waals surface area contributed by atoms with Crippen LogP contribution in [0.2, 0.25) is 0 Å².